The molecule has 1 fully saturated rings. The number of aliphatic imine (C=N–C) groups is 1. The first-order chi connectivity index (χ1) is 14.3. The van der Waals surface area contributed by atoms with E-state index in [0.717, 1.165) is 34.0 Å². The third-order valence-electron chi connectivity index (χ3n) is 5.91. The number of para-hydroxylation sites is 3. The molecule has 1 atom stereocenters. The zero-order valence-electron chi connectivity index (χ0n) is 15.8. The van der Waals surface area contributed by atoms with Crippen LogP contribution >= 0.6 is 0 Å². The van der Waals surface area contributed by atoms with Crippen molar-refractivity contribution in [2.45, 2.75) is 18.9 Å². The minimum atomic E-state index is -0.0361. The Kier molecular flexibility index (Phi) is 3.47. The van der Waals surface area contributed by atoms with Crippen LogP contribution in [0.1, 0.15) is 23.6 Å². The summed E-state index contributed by atoms with van der Waals surface area (Å²) < 4.78 is 2.28. The summed E-state index contributed by atoms with van der Waals surface area (Å²) in [5.74, 6) is 0.952. The van der Waals surface area contributed by atoms with Gasteiger partial charge in [-0.1, -0.05) is 60.7 Å². The quantitative estimate of drug-likeness (QED) is 0.474. The van der Waals surface area contributed by atoms with Crippen LogP contribution in [0.4, 0.5) is 5.69 Å². The summed E-state index contributed by atoms with van der Waals surface area (Å²) >= 11 is 0. The fraction of sp³-hybridized carbons (Fsp3) is 0.120. The summed E-state index contributed by atoms with van der Waals surface area (Å²) in [5, 5.41) is 1.19. The Balaban J connectivity index is 1.57. The minimum Gasteiger partial charge on any atom is -0.311 e. The number of carbonyl (C=O) groups excluding carboxylic acids is 1. The summed E-state index contributed by atoms with van der Waals surface area (Å²) in [4.78, 5) is 19.9. The summed E-state index contributed by atoms with van der Waals surface area (Å²) in [6.07, 6.45) is 0.454. The van der Waals surface area contributed by atoms with Crippen molar-refractivity contribution in [3.63, 3.8) is 0 Å². The molecule has 1 amide bonds. The molecule has 2 aliphatic heterocycles. The number of carbonyl (C=O) groups is 1. The Bertz CT molecular complexity index is 1290. The molecular weight excluding hydrogens is 358 g/mol. The largest absolute Gasteiger partial charge is 0.311 e. The molecule has 2 aliphatic rings. The molecule has 3 heterocycles. The first kappa shape index (κ1) is 16.3. The number of hydrogen-bond donors (Lipinski definition) is 0. The van der Waals surface area contributed by atoms with Gasteiger partial charge in [0, 0.05) is 17.5 Å². The van der Waals surface area contributed by atoms with Gasteiger partial charge in [0.2, 0.25) is 5.91 Å². The van der Waals surface area contributed by atoms with Crippen molar-refractivity contribution in [2.24, 2.45) is 4.99 Å². The van der Waals surface area contributed by atoms with Gasteiger partial charge in [-0.3, -0.25) is 9.69 Å². The molecule has 1 saturated heterocycles. The second kappa shape index (κ2) is 6.17. The Morgan fingerprint density at radius 2 is 1.66 bits per heavy atom. The fourth-order valence-electron chi connectivity index (χ4n) is 4.57. The van der Waals surface area contributed by atoms with E-state index >= 15 is 0 Å². The molecule has 140 valence electrons. The zero-order chi connectivity index (χ0) is 19.4. The second-order valence-corrected chi connectivity index (χ2v) is 7.64. The van der Waals surface area contributed by atoms with E-state index in [0.29, 0.717) is 13.0 Å². The molecule has 4 heteroatoms. The van der Waals surface area contributed by atoms with Crippen LogP contribution in [0.15, 0.2) is 89.9 Å². The van der Waals surface area contributed by atoms with Crippen molar-refractivity contribution in [3.05, 3.63) is 96.2 Å². The molecule has 1 unspecified atom stereocenters. The van der Waals surface area contributed by atoms with Crippen LogP contribution in [0.2, 0.25) is 0 Å². The summed E-state index contributed by atoms with van der Waals surface area (Å²) in [5.41, 5.74) is 5.37. The Labute approximate surface area is 168 Å². The Morgan fingerprint density at radius 1 is 0.897 bits per heavy atom. The van der Waals surface area contributed by atoms with Crippen molar-refractivity contribution in [2.75, 3.05) is 0 Å². The predicted molar refractivity (Wildman–Crippen MR) is 115 cm³/mol. The molecule has 29 heavy (non-hydrogen) atoms. The minimum absolute atomic E-state index is 0.0361. The van der Waals surface area contributed by atoms with E-state index < -0.39 is 0 Å². The number of hydrogen-bond acceptors (Lipinski definition) is 2. The lowest BCUT2D eigenvalue weighted by Gasteiger charge is -2.18. The monoisotopic (exact) mass is 377 g/mol. The van der Waals surface area contributed by atoms with Crippen molar-refractivity contribution < 1.29 is 4.79 Å². The second-order valence-electron chi connectivity index (χ2n) is 7.64. The summed E-state index contributed by atoms with van der Waals surface area (Å²) in [6, 6.07) is 28.9. The van der Waals surface area contributed by atoms with E-state index in [1.807, 2.05) is 41.3 Å². The molecule has 0 radical (unpaired) electrons. The van der Waals surface area contributed by atoms with Crippen molar-refractivity contribution in [3.8, 4) is 5.69 Å². The molecule has 0 aliphatic carbocycles. The van der Waals surface area contributed by atoms with Crippen LogP contribution in [0.5, 0.6) is 0 Å². The lowest BCUT2D eigenvalue weighted by atomic mass is 10.0. The fourth-order valence-corrected chi connectivity index (χ4v) is 4.57. The van der Waals surface area contributed by atoms with Crippen LogP contribution < -0.4 is 0 Å². The van der Waals surface area contributed by atoms with Crippen molar-refractivity contribution >= 4 is 28.3 Å². The zero-order valence-corrected chi connectivity index (χ0v) is 15.8. The average molecular weight is 377 g/mol. The highest BCUT2D eigenvalue weighted by Crippen LogP contribution is 2.42. The molecule has 1 aromatic heterocycles. The maximum atomic E-state index is 13.0. The van der Waals surface area contributed by atoms with Crippen LogP contribution in [0, 0.1) is 0 Å². The Hall–Kier alpha value is -3.66. The topological polar surface area (TPSA) is 37.6 Å². The number of nitrogens with zero attached hydrogens (tertiary/aromatic N) is 3. The third kappa shape index (κ3) is 2.46. The van der Waals surface area contributed by atoms with Gasteiger partial charge in [-0.15, -0.1) is 0 Å². The van der Waals surface area contributed by atoms with Crippen molar-refractivity contribution in [1.82, 2.24) is 9.47 Å². The number of amides is 1. The predicted octanol–water partition coefficient (Wildman–Crippen LogP) is 5.19. The highest BCUT2D eigenvalue weighted by Gasteiger charge is 2.41. The number of aromatic nitrogens is 1. The highest BCUT2D eigenvalue weighted by atomic mass is 16.2. The molecule has 4 nitrogen and oxygen atoms in total. The standard InChI is InChI=1S/C25H19N3O/c29-24-15-19-23-14-18-10-4-6-12-21(18)28(23)22-13-7-5-11-20(22)26-25(19)27(24)16-17-8-2-1-3-9-17/h1-14,19H,15-16H2. The SMILES string of the molecule is O=C1CC2C(=Nc3ccccc3-n3c2cc2ccccc23)N1Cc1ccccc1. The number of rotatable bonds is 2. The lowest BCUT2D eigenvalue weighted by molar-refractivity contribution is -0.126. The molecule has 3 aromatic carbocycles. The summed E-state index contributed by atoms with van der Waals surface area (Å²) in [7, 11) is 0. The number of benzene rings is 3. The van der Waals surface area contributed by atoms with Gasteiger partial charge in [0.05, 0.1) is 29.4 Å². The molecule has 0 bridgehead atoms. The van der Waals surface area contributed by atoms with E-state index in [2.05, 4.69) is 53.1 Å². The van der Waals surface area contributed by atoms with E-state index in [9.17, 15) is 4.79 Å². The van der Waals surface area contributed by atoms with E-state index in [-0.39, 0.29) is 11.8 Å². The van der Waals surface area contributed by atoms with E-state index in [4.69, 9.17) is 4.99 Å². The third-order valence-corrected chi connectivity index (χ3v) is 5.91. The van der Waals surface area contributed by atoms with Gasteiger partial charge >= 0.3 is 0 Å². The first-order valence-corrected chi connectivity index (χ1v) is 9.92. The van der Waals surface area contributed by atoms with Gasteiger partial charge < -0.3 is 4.57 Å². The highest BCUT2D eigenvalue weighted by molar-refractivity contribution is 6.11. The smallest absolute Gasteiger partial charge is 0.229 e. The first-order valence-electron chi connectivity index (χ1n) is 9.92. The maximum absolute atomic E-state index is 13.0. The van der Waals surface area contributed by atoms with Crippen molar-refractivity contribution in [1.29, 1.82) is 0 Å². The van der Waals surface area contributed by atoms with Gasteiger partial charge in [0.15, 0.2) is 0 Å². The normalized spacial score (nSPS) is 17.5. The molecule has 0 saturated carbocycles. The van der Waals surface area contributed by atoms with Gasteiger partial charge in [0.1, 0.15) is 5.84 Å². The summed E-state index contributed by atoms with van der Waals surface area (Å²) in [6.45, 7) is 0.553. The van der Waals surface area contributed by atoms with Crippen LogP contribution in [0.3, 0.4) is 0 Å². The number of likely N-dealkylation sites (tertiary alicyclic amines) is 1. The van der Waals surface area contributed by atoms with Gasteiger partial charge in [0.25, 0.3) is 0 Å². The van der Waals surface area contributed by atoms with Crippen LogP contribution in [0.25, 0.3) is 16.6 Å². The van der Waals surface area contributed by atoms with Gasteiger partial charge in [-0.05, 0) is 29.8 Å². The molecule has 0 spiro atoms. The van der Waals surface area contributed by atoms with Crippen LogP contribution in [-0.4, -0.2) is 21.2 Å². The number of amidine groups is 1. The van der Waals surface area contributed by atoms with E-state index in [1.54, 1.807) is 0 Å². The molecule has 0 N–H and O–H groups in total. The van der Waals surface area contributed by atoms with Gasteiger partial charge in [-0.2, -0.15) is 0 Å². The van der Waals surface area contributed by atoms with Crippen LogP contribution in [-0.2, 0) is 11.3 Å². The molecule has 4 aromatic rings. The lowest BCUT2D eigenvalue weighted by Crippen LogP contribution is -2.29. The molecule has 6 rings (SSSR count). The van der Waals surface area contributed by atoms with E-state index in [1.165, 1.54) is 5.39 Å². The van der Waals surface area contributed by atoms with Gasteiger partial charge in [-0.25, -0.2) is 4.99 Å². The Morgan fingerprint density at radius 3 is 2.55 bits per heavy atom. The average Bonchev–Trinajstić information content (AvgIpc) is 3.24. The maximum Gasteiger partial charge on any atom is 0.229 e. The molecular formula is C25H19N3O. The number of fused-ring (bicyclic) bond motifs is 7.